The van der Waals surface area contributed by atoms with E-state index in [1.54, 1.807) is 7.05 Å². The number of nitrogens with zero attached hydrogens (tertiary/aromatic N) is 2. The Labute approximate surface area is 105 Å². The molecule has 1 heterocycles. The molecule has 0 amide bonds. The Balaban J connectivity index is 2.37. The summed E-state index contributed by atoms with van der Waals surface area (Å²) < 4.78 is 25.4. The molecule has 1 rings (SSSR count). The highest BCUT2D eigenvalue weighted by molar-refractivity contribution is 7.89. The zero-order chi connectivity index (χ0) is 12.9. The molecule has 0 aromatic carbocycles. The molecule has 1 aliphatic heterocycles. The van der Waals surface area contributed by atoms with Gasteiger partial charge in [0.05, 0.1) is 5.75 Å². The zero-order valence-corrected chi connectivity index (χ0v) is 12.0. The summed E-state index contributed by atoms with van der Waals surface area (Å²) in [5, 5.41) is 3.05. The predicted octanol–water partition coefficient (Wildman–Crippen LogP) is -0.191. The van der Waals surface area contributed by atoms with Crippen molar-refractivity contribution in [1.82, 2.24) is 14.5 Å². The molecule has 1 unspecified atom stereocenters. The monoisotopic (exact) mass is 263 g/mol. The van der Waals surface area contributed by atoms with Crippen LogP contribution in [0.2, 0.25) is 0 Å². The summed E-state index contributed by atoms with van der Waals surface area (Å²) >= 11 is 0. The minimum Gasteiger partial charge on any atom is -0.316 e. The Hall–Kier alpha value is -0.170. The quantitative estimate of drug-likeness (QED) is 0.647. The summed E-state index contributed by atoms with van der Waals surface area (Å²) in [6, 6.07) is 0. The van der Waals surface area contributed by atoms with E-state index < -0.39 is 10.0 Å². The number of nitrogens with one attached hydrogen (secondary N) is 1. The first-order valence-corrected chi connectivity index (χ1v) is 7.90. The number of likely N-dealkylation sites (tertiary alicyclic amines) is 1. The van der Waals surface area contributed by atoms with Crippen LogP contribution < -0.4 is 5.32 Å². The highest BCUT2D eigenvalue weighted by Gasteiger charge is 2.25. The molecule has 0 aliphatic carbocycles. The van der Waals surface area contributed by atoms with Crippen molar-refractivity contribution in [2.24, 2.45) is 5.92 Å². The molecule has 1 fully saturated rings. The third-order valence-corrected chi connectivity index (χ3v) is 5.08. The minimum atomic E-state index is -3.09. The lowest BCUT2D eigenvalue weighted by Crippen LogP contribution is -2.37. The van der Waals surface area contributed by atoms with Crippen LogP contribution in [0.1, 0.15) is 13.3 Å². The summed E-state index contributed by atoms with van der Waals surface area (Å²) in [6.07, 6.45) is 1.10. The van der Waals surface area contributed by atoms with Gasteiger partial charge in [0.2, 0.25) is 10.0 Å². The van der Waals surface area contributed by atoms with E-state index >= 15 is 0 Å². The summed E-state index contributed by atoms with van der Waals surface area (Å²) in [6.45, 7) is 6.06. The predicted molar refractivity (Wildman–Crippen MR) is 70.6 cm³/mol. The van der Waals surface area contributed by atoms with E-state index in [0.29, 0.717) is 19.0 Å². The van der Waals surface area contributed by atoms with Crippen molar-refractivity contribution in [3.05, 3.63) is 0 Å². The molecular formula is C11H25N3O2S. The topological polar surface area (TPSA) is 52.7 Å². The molecule has 6 heteroatoms. The maximum Gasteiger partial charge on any atom is 0.215 e. The molecule has 0 aromatic rings. The second-order valence-electron chi connectivity index (χ2n) is 4.87. The molecule has 17 heavy (non-hydrogen) atoms. The van der Waals surface area contributed by atoms with Crippen LogP contribution >= 0.6 is 0 Å². The Morgan fingerprint density at radius 3 is 2.71 bits per heavy atom. The van der Waals surface area contributed by atoms with Crippen LogP contribution in [-0.4, -0.2) is 70.2 Å². The van der Waals surface area contributed by atoms with Crippen molar-refractivity contribution >= 4 is 10.0 Å². The van der Waals surface area contributed by atoms with Crippen molar-refractivity contribution in [1.29, 1.82) is 0 Å². The van der Waals surface area contributed by atoms with Gasteiger partial charge in [-0.25, -0.2) is 12.7 Å². The molecule has 1 saturated heterocycles. The lowest BCUT2D eigenvalue weighted by Gasteiger charge is -2.20. The summed E-state index contributed by atoms with van der Waals surface area (Å²) in [5.41, 5.74) is 0. The third-order valence-electron chi connectivity index (χ3n) is 3.27. The van der Waals surface area contributed by atoms with Gasteiger partial charge in [0.1, 0.15) is 0 Å². The second-order valence-corrected chi connectivity index (χ2v) is 7.06. The second kappa shape index (κ2) is 6.68. The highest BCUT2D eigenvalue weighted by atomic mass is 32.2. The van der Waals surface area contributed by atoms with Crippen molar-refractivity contribution in [3.63, 3.8) is 0 Å². The first kappa shape index (κ1) is 14.9. The average Bonchev–Trinajstić information content (AvgIpc) is 2.64. The normalized spacial score (nSPS) is 22.5. The molecule has 102 valence electrons. The van der Waals surface area contributed by atoms with Crippen LogP contribution in [0.5, 0.6) is 0 Å². The molecule has 0 aromatic heterocycles. The van der Waals surface area contributed by atoms with Crippen LogP contribution in [0.3, 0.4) is 0 Å². The molecule has 5 nitrogen and oxygen atoms in total. The van der Waals surface area contributed by atoms with E-state index in [1.807, 2.05) is 6.92 Å². The number of hydrogen-bond donors (Lipinski definition) is 1. The zero-order valence-electron chi connectivity index (χ0n) is 11.1. The van der Waals surface area contributed by atoms with E-state index in [4.69, 9.17) is 0 Å². The van der Waals surface area contributed by atoms with Crippen LogP contribution in [0.15, 0.2) is 0 Å². The molecule has 0 radical (unpaired) electrons. The van der Waals surface area contributed by atoms with E-state index in [0.717, 1.165) is 26.1 Å². The van der Waals surface area contributed by atoms with Gasteiger partial charge in [0.25, 0.3) is 0 Å². The maximum absolute atomic E-state index is 11.9. The first-order chi connectivity index (χ1) is 7.95. The van der Waals surface area contributed by atoms with Gasteiger partial charge < -0.3 is 10.2 Å². The Kier molecular flexibility index (Phi) is 5.85. The minimum absolute atomic E-state index is 0.194. The molecule has 1 aliphatic rings. The average molecular weight is 263 g/mol. The summed E-state index contributed by atoms with van der Waals surface area (Å²) in [4.78, 5) is 2.25. The molecule has 0 saturated carbocycles. The van der Waals surface area contributed by atoms with Crippen molar-refractivity contribution in [2.75, 3.05) is 52.6 Å². The fourth-order valence-electron chi connectivity index (χ4n) is 2.19. The van der Waals surface area contributed by atoms with Gasteiger partial charge in [-0.3, -0.25) is 0 Å². The molecule has 0 spiro atoms. The van der Waals surface area contributed by atoms with Gasteiger partial charge >= 0.3 is 0 Å². The highest BCUT2D eigenvalue weighted by Crippen LogP contribution is 2.16. The largest absolute Gasteiger partial charge is 0.316 e. The molecule has 0 bridgehead atoms. The number of sulfonamides is 1. The Morgan fingerprint density at radius 2 is 2.18 bits per heavy atom. The third kappa shape index (κ3) is 4.91. The fourth-order valence-corrected chi connectivity index (χ4v) is 3.34. The summed E-state index contributed by atoms with van der Waals surface area (Å²) in [5.74, 6) is 0.679. The van der Waals surface area contributed by atoms with Crippen LogP contribution in [0.25, 0.3) is 0 Å². The Bertz CT molecular complexity index is 319. The number of hydrogen-bond acceptors (Lipinski definition) is 4. The van der Waals surface area contributed by atoms with Gasteiger partial charge in [0.15, 0.2) is 0 Å². The van der Waals surface area contributed by atoms with Crippen molar-refractivity contribution < 1.29 is 8.42 Å². The molecular weight excluding hydrogens is 238 g/mol. The number of rotatable bonds is 7. The van der Waals surface area contributed by atoms with Crippen LogP contribution in [0.4, 0.5) is 0 Å². The van der Waals surface area contributed by atoms with Gasteiger partial charge in [-0.1, -0.05) is 6.92 Å². The van der Waals surface area contributed by atoms with Crippen molar-refractivity contribution in [2.45, 2.75) is 13.3 Å². The van der Waals surface area contributed by atoms with Gasteiger partial charge in [-0.15, -0.1) is 0 Å². The molecule has 1 N–H and O–H groups in total. The van der Waals surface area contributed by atoms with Crippen molar-refractivity contribution in [3.8, 4) is 0 Å². The summed E-state index contributed by atoms with van der Waals surface area (Å²) in [7, 11) is 0.692. The lowest BCUT2D eigenvalue weighted by molar-refractivity contribution is 0.356. The first-order valence-electron chi connectivity index (χ1n) is 6.29. The molecule has 1 atom stereocenters. The van der Waals surface area contributed by atoms with E-state index in [9.17, 15) is 8.42 Å². The maximum atomic E-state index is 11.9. The van der Waals surface area contributed by atoms with Crippen LogP contribution in [0, 0.1) is 5.92 Å². The standard InChI is InChI=1S/C11H25N3O2S/c1-4-12-6-8-17(15,16)14(3)10-11-5-7-13(2)9-11/h11-12H,4-10H2,1-3H3. The smallest absolute Gasteiger partial charge is 0.215 e. The van der Waals surface area contributed by atoms with Gasteiger partial charge in [-0.05, 0) is 32.5 Å². The van der Waals surface area contributed by atoms with E-state index in [1.165, 1.54) is 4.31 Å². The SMILES string of the molecule is CCNCCS(=O)(=O)N(C)CC1CCN(C)C1. The van der Waals surface area contributed by atoms with Crippen LogP contribution in [-0.2, 0) is 10.0 Å². The van der Waals surface area contributed by atoms with E-state index in [2.05, 4.69) is 17.3 Å². The lowest BCUT2D eigenvalue weighted by atomic mass is 10.1. The Morgan fingerprint density at radius 1 is 1.47 bits per heavy atom. The van der Waals surface area contributed by atoms with E-state index in [-0.39, 0.29) is 5.75 Å². The fraction of sp³-hybridized carbons (Fsp3) is 1.00. The van der Waals surface area contributed by atoms with Gasteiger partial charge in [-0.2, -0.15) is 0 Å². The van der Waals surface area contributed by atoms with Gasteiger partial charge in [0, 0.05) is 26.7 Å².